The third-order valence-electron chi connectivity index (χ3n) is 5.67. The highest BCUT2D eigenvalue weighted by Gasteiger charge is 2.36. The minimum atomic E-state index is -1.26. The number of hydrogen-bond acceptors (Lipinski definition) is 5. The zero-order valence-electron chi connectivity index (χ0n) is 15.6. The second-order valence-corrected chi connectivity index (χ2v) is 7.61. The lowest BCUT2D eigenvalue weighted by Gasteiger charge is -2.39. The molecule has 0 spiro atoms. The summed E-state index contributed by atoms with van der Waals surface area (Å²) in [6, 6.07) is -0.656. The molecule has 9 heteroatoms. The zero-order valence-corrected chi connectivity index (χ0v) is 15.6. The first-order valence-electron chi connectivity index (χ1n) is 9.48. The summed E-state index contributed by atoms with van der Waals surface area (Å²) in [5.74, 6) is -1.01. The maximum atomic E-state index is 14.1. The van der Waals surface area contributed by atoms with Gasteiger partial charge in [0.2, 0.25) is 11.8 Å². The summed E-state index contributed by atoms with van der Waals surface area (Å²) in [6.07, 6.45) is -0.381. The number of nitrogens with one attached hydrogen (secondary N) is 4. The third kappa shape index (κ3) is 4.83. The molecule has 0 bridgehead atoms. The Morgan fingerprint density at radius 1 is 1.41 bits per heavy atom. The fraction of sp³-hybridized carbons (Fsp3) is 0.778. The molecule has 27 heavy (non-hydrogen) atoms. The van der Waals surface area contributed by atoms with E-state index in [1.54, 1.807) is 20.1 Å². The second-order valence-electron chi connectivity index (χ2n) is 7.61. The van der Waals surface area contributed by atoms with Gasteiger partial charge in [-0.1, -0.05) is 6.08 Å². The number of carbonyl (C=O) groups is 2. The Hall–Kier alpha value is -1.58. The van der Waals surface area contributed by atoms with Crippen molar-refractivity contribution in [2.24, 2.45) is 5.92 Å². The fourth-order valence-corrected chi connectivity index (χ4v) is 4.10. The highest BCUT2D eigenvalue weighted by molar-refractivity contribution is 5.99. The summed E-state index contributed by atoms with van der Waals surface area (Å²) in [5.41, 5.74) is 0.370. The van der Waals surface area contributed by atoms with Crippen LogP contribution in [0.25, 0.3) is 0 Å². The molecule has 2 fully saturated rings. The smallest absolute Gasteiger partial charge is 0.247 e. The maximum absolute atomic E-state index is 14.1. The lowest BCUT2D eigenvalue weighted by atomic mass is 9.82. The van der Waals surface area contributed by atoms with Crippen LogP contribution in [-0.4, -0.2) is 62.3 Å². The van der Waals surface area contributed by atoms with Crippen molar-refractivity contribution in [1.29, 1.82) is 0 Å². The summed E-state index contributed by atoms with van der Waals surface area (Å²) < 4.78 is 32.6. The largest absolute Gasteiger partial charge is 0.353 e. The normalized spacial score (nSPS) is 37.6. The van der Waals surface area contributed by atoms with Crippen LogP contribution in [0.4, 0.5) is 8.78 Å². The minimum absolute atomic E-state index is 0.0818. The van der Waals surface area contributed by atoms with Gasteiger partial charge in [-0.05, 0) is 19.8 Å². The number of halogens is 2. The summed E-state index contributed by atoms with van der Waals surface area (Å²) >= 11 is 0. The molecule has 1 aliphatic carbocycles. The number of ether oxygens (including phenoxy) is 1. The average Bonchev–Trinajstić information content (AvgIpc) is 2.61. The maximum Gasteiger partial charge on any atom is 0.247 e. The van der Waals surface area contributed by atoms with Gasteiger partial charge in [0.05, 0.1) is 18.5 Å². The summed E-state index contributed by atoms with van der Waals surface area (Å²) in [6.45, 7) is 2.29. The molecule has 1 saturated heterocycles. The van der Waals surface area contributed by atoms with Crippen LogP contribution >= 0.6 is 0 Å². The van der Waals surface area contributed by atoms with Crippen LogP contribution in [0.1, 0.15) is 32.6 Å². The molecule has 2 heterocycles. The van der Waals surface area contributed by atoms with Crippen molar-refractivity contribution in [3.8, 4) is 0 Å². The van der Waals surface area contributed by atoms with E-state index in [0.29, 0.717) is 25.0 Å². The van der Waals surface area contributed by atoms with Gasteiger partial charge >= 0.3 is 0 Å². The molecular formula is C18H28F2N4O3. The molecule has 1 saturated carbocycles. The quantitative estimate of drug-likeness (QED) is 0.545. The van der Waals surface area contributed by atoms with Crippen LogP contribution in [0.5, 0.6) is 0 Å². The topological polar surface area (TPSA) is 91.5 Å². The molecule has 7 nitrogen and oxygen atoms in total. The second kappa shape index (κ2) is 8.62. The fourth-order valence-electron chi connectivity index (χ4n) is 4.10. The summed E-state index contributed by atoms with van der Waals surface area (Å²) in [4.78, 5) is 24.6. The highest BCUT2D eigenvalue weighted by atomic mass is 19.1. The van der Waals surface area contributed by atoms with E-state index in [9.17, 15) is 18.4 Å². The lowest BCUT2D eigenvalue weighted by molar-refractivity contribution is -0.125. The van der Waals surface area contributed by atoms with E-state index in [2.05, 4.69) is 21.3 Å². The van der Waals surface area contributed by atoms with Gasteiger partial charge in [0.15, 0.2) is 6.35 Å². The monoisotopic (exact) mass is 386 g/mol. The molecule has 2 aliphatic heterocycles. The van der Waals surface area contributed by atoms with Crippen LogP contribution in [0.3, 0.4) is 0 Å². The zero-order chi connectivity index (χ0) is 19.6. The Morgan fingerprint density at radius 2 is 2.19 bits per heavy atom. The molecule has 4 N–H and O–H groups in total. The van der Waals surface area contributed by atoms with Crippen LogP contribution in [0, 0.1) is 5.92 Å². The Bertz CT molecular complexity index is 603. The number of rotatable bonds is 5. The van der Waals surface area contributed by atoms with E-state index >= 15 is 0 Å². The number of amides is 2. The van der Waals surface area contributed by atoms with Gasteiger partial charge in [0.25, 0.3) is 0 Å². The molecular weight excluding hydrogens is 358 g/mol. The van der Waals surface area contributed by atoms with Crippen LogP contribution in [0.15, 0.2) is 11.6 Å². The van der Waals surface area contributed by atoms with Gasteiger partial charge in [-0.2, -0.15) is 0 Å². The van der Waals surface area contributed by atoms with Crippen LogP contribution in [0.2, 0.25) is 0 Å². The molecule has 0 aromatic carbocycles. The molecule has 3 rings (SSSR count). The van der Waals surface area contributed by atoms with Crippen molar-refractivity contribution >= 4 is 11.8 Å². The summed E-state index contributed by atoms with van der Waals surface area (Å²) in [7, 11) is 1.57. The number of methoxy groups -OCH3 is 1. The molecule has 152 valence electrons. The Balaban J connectivity index is 1.56. The van der Waals surface area contributed by atoms with E-state index in [1.165, 1.54) is 0 Å². The first kappa shape index (κ1) is 20.2. The Kier molecular flexibility index (Phi) is 6.44. The van der Waals surface area contributed by atoms with Gasteiger partial charge < -0.3 is 15.4 Å². The van der Waals surface area contributed by atoms with Crippen molar-refractivity contribution < 1.29 is 23.1 Å². The van der Waals surface area contributed by atoms with E-state index < -0.39 is 24.3 Å². The minimum Gasteiger partial charge on any atom is -0.353 e. The standard InChI is InChI=1S/C18H28F2N4O3/c1-9(12-4-3-11(19)7-13(12)20)22-16(25)6-10-5-14-15(23-17(10)26)8-21-18(24-14)27-2/h5,9,11-15,18,21,24H,3-4,6-8H2,1-2H3,(H,22,25)(H,23,26)/t9-,11?,12?,13?,14?,15?,18?/m0/s1. The van der Waals surface area contributed by atoms with Crippen LogP contribution < -0.4 is 21.3 Å². The van der Waals surface area contributed by atoms with Crippen LogP contribution in [-0.2, 0) is 14.3 Å². The number of alkyl halides is 2. The molecule has 2 amide bonds. The Labute approximate surface area is 157 Å². The van der Waals surface area contributed by atoms with Crippen molar-refractivity contribution in [3.05, 3.63) is 11.6 Å². The van der Waals surface area contributed by atoms with Gasteiger partial charge in [-0.25, -0.2) is 8.78 Å². The van der Waals surface area contributed by atoms with E-state index in [4.69, 9.17) is 4.74 Å². The molecule has 3 aliphatic rings. The predicted octanol–water partition coefficient (Wildman–Crippen LogP) is 0.274. The van der Waals surface area contributed by atoms with Gasteiger partial charge in [-0.15, -0.1) is 0 Å². The lowest BCUT2D eigenvalue weighted by Crippen LogP contribution is -2.67. The van der Waals surface area contributed by atoms with Crippen molar-refractivity contribution in [1.82, 2.24) is 21.3 Å². The molecule has 0 radical (unpaired) electrons. The number of carbonyl (C=O) groups excluding carboxylic acids is 2. The van der Waals surface area contributed by atoms with Crippen molar-refractivity contribution in [3.63, 3.8) is 0 Å². The predicted molar refractivity (Wildman–Crippen MR) is 95.1 cm³/mol. The SMILES string of the molecule is COC1NCC2NC(=O)C(CC(=O)N[C@@H](C)C3CCC(F)CC3F)=CC2N1. The first-order chi connectivity index (χ1) is 12.9. The number of fused-ring (bicyclic) bond motifs is 1. The summed E-state index contributed by atoms with van der Waals surface area (Å²) in [5, 5.41) is 11.9. The van der Waals surface area contributed by atoms with Crippen molar-refractivity contribution in [2.75, 3.05) is 13.7 Å². The van der Waals surface area contributed by atoms with E-state index in [-0.39, 0.29) is 43.1 Å². The number of hydrogen-bond donors (Lipinski definition) is 4. The van der Waals surface area contributed by atoms with Crippen molar-refractivity contribution in [2.45, 2.75) is 69.4 Å². The molecule has 0 aromatic rings. The molecule has 7 atom stereocenters. The Morgan fingerprint density at radius 3 is 2.89 bits per heavy atom. The average molecular weight is 386 g/mol. The third-order valence-corrected chi connectivity index (χ3v) is 5.67. The first-order valence-corrected chi connectivity index (χ1v) is 9.48. The van der Waals surface area contributed by atoms with Gasteiger partial charge in [0.1, 0.15) is 12.3 Å². The highest BCUT2D eigenvalue weighted by Crippen LogP contribution is 2.31. The van der Waals surface area contributed by atoms with Gasteiger partial charge in [-0.3, -0.25) is 20.2 Å². The van der Waals surface area contributed by atoms with E-state index in [1.807, 2.05) is 0 Å². The van der Waals surface area contributed by atoms with Gasteiger partial charge in [0, 0.05) is 37.6 Å². The molecule has 6 unspecified atom stereocenters. The van der Waals surface area contributed by atoms with E-state index in [0.717, 1.165) is 0 Å². The molecule has 0 aromatic heterocycles.